The fourth-order valence-electron chi connectivity index (χ4n) is 3.11. The van der Waals surface area contributed by atoms with Crippen LogP contribution in [-0.2, 0) is 9.53 Å². The molecule has 5 nitrogen and oxygen atoms in total. The van der Waals surface area contributed by atoms with Crippen molar-refractivity contribution in [3.63, 3.8) is 0 Å². The number of nitrogens with one attached hydrogen (secondary N) is 2. The molecule has 1 aliphatic carbocycles. The smallest absolute Gasteiger partial charge is 0.237 e. The summed E-state index contributed by atoms with van der Waals surface area (Å²) in [5.41, 5.74) is 0. The number of ether oxygens (including phenoxy) is 1. The molecule has 0 aromatic rings. The number of hydrogen-bond acceptors (Lipinski definition) is 4. The average Bonchev–Trinajstić information content (AvgIpc) is 2.89. The summed E-state index contributed by atoms with van der Waals surface area (Å²) in [5, 5.41) is 15.3. The molecule has 1 heterocycles. The molecule has 2 rings (SSSR count). The van der Waals surface area contributed by atoms with Crippen molar-refractivity contribution in [2.75, 3.05) is 26.9 Å². The number of carbonyl (C=O) groups is 1. The molecule has 4 unspecified atom stereocenters. The Balaban J connectivity index is 1.87. The van der Waals surface area contributed by atoms with Crippen molar-refractivity contribution in [1.82, 2.24) is 10.6 Å². The van der Waals surface area contributed by atoms with Crippen LogP contribution in [0.15, 0.2) is 0 Å². The number of carbonyl (C=O) groups excluding carboxylic acids is 1. The number of fused-ring (bicyclic) bond motifs is 1. The summed E-state index contributed by atoms with van der Waals surface area (Å²) in [6.07, 6.45) is 3.62. The van der Waals surface area contributed by atoms with E-state index in [2.05, 4.69) is 10.6 Å². The van der Waals surface area contributed by atoms with Crippen LogP contribution in [0, 0.1) is 11.8 Å². The Morgan fingerprint density at radius 1 is 1.59 bits per heavy atom. The average molecular weight is 242 g/mol. The molecule has 0 aromatic heterocycles. The summed E-state index contributed by atoms with van der Waals surface area (Å²) in [5.74, 6) is 1.16. The van der Waals surface area contributed by atoms with Crippen molar-refractivity contribution in [2.45, 2.75) is 31.3 Å². The zero-order valence-corrected chi connectivity index (χ0v) is 10.3. The van der Waals surface area contributed by atoms with Gasteiger partial charge in [0.15, 0.2) is 0 Å². The third-order valence-corrected chi connectivity index (χ3v) is 3.96. The maximum Gasteiger partial charge on any atom is 0.237 e. The van der Waals surface area contributed by atoms with E-state index in [9.17, 15) is 4.79 Å². The third-order valence-electron chi connectivity index (χ3n) is 3.96. The molecule has 1 saturated heterocycles. The lowest BCUT2D eigenvalue weighted by Gasteiger charge is -2.21. The van der Waals surface area contributed by atoms with Crippen LogP contribution in [-0.4, -0.2) is 50.0 Å². The number of hydrogen-bond donors (Lipinski definition) is 3. The van der Waals surface area contributed by atoms with Gasteiger partial charge in [0, 0.05) is 7.11 Å². The van der Waals surface area contributed by atoms with Gasteiger partial charge in [-0.15, -0.1) is 0 Å². The first-order valence-electron chi connectivity index (χ1n) is 6.39. The van der Waals surface area contributed by atoms with Crippen LogP contribution >= 0.6 is 0 Å². The van der Waals surface area contributed by atoms with Gasteiger partial charge in [0.1, 0.15) is 0 Å². The van der Waals surface area contributed by atoms with Gasteiger partial charge in [-0.2, -0.15) is 0 Å². The topological polar surface area (TPSA) is 70.6 Å². The minimum Gasteiger partial charge on any atom is -0.394 e. The third kappa shape index (κ3) is 2.78. The molecule has 3 N–H and O–H groups in total. The summed E-state index contributed by atoms with van der Waals surface area (Å²) >= 11 is 0. The van der Waals surface area contributed by atoms with Crippen LogP contribution in [0.5, 0.6) is 0 Å². The molecule has 1 saturated carbocycles. The molecule has 98 valence electrons. The van der Waals surface area contributed by atoms with Gasteiger partial charge in [-0.1, -0.05) is 6.42 Å². The number of aliphatic hydroxyl groups excluding tert-OH is 1. The van der Waals surface area contributed by atoms with E-state index in [1.165, 1.54) is 12.8 Å². The quantitative estimate of drug-likeness (QED) is 0.608. The Morgan fingerprint density at radius 2 is 2.41 bits per heavy atom. The molecule has 4 atom stereocenters. The van der Waals surface area contributed by atoms with Crippen LogP contribution in [0.2, 0.25) is 0 Å². The molecular weight excluding hydrogens is 220 g/mol. The second-order valence-corrected chi connectivity index (χ2v) is 5.08. The molecule has 1 amide bonds. The number of methoxy groups -OCH3 is 1. The predicted molar refractivity (Wildman–Crippen MR) is 63.5 cm³/mol. The fraction of sp³-hybridized carbons (Fsp3) is 0.917. The van der Waals surface area contributed by atoms with Crippen molar-refractivity contribution in [2.24, 2.45) is 11.8 Å². The van der Waals surface area contributed by atoms with E-state index >= 15 is 0 Å². The van der Waals surface area contributed by atoms with E-state index in [1.54, 1.807) is 7.11 Å². The number of aliphatic hydroxyl groups is 1. The van der Waals surface area contributed by atoms with Gasteiger partial charge in [0.25, 0.3) is 0 Å². The van der Waals surface area contributed by atoms with Crippen molar-refractivity contribution in [3.05, 3.63) is 0 Å². The van der Waals surface area contributed by atoms with Crippen molar-refractivity contribution in [1.29, 1.82) is 0 Å². The van der Waals surface area contributed by atoms with E-state index in [4.69, 9.17) is 9.84 Å². The Hall–Kier alpha value is -0.650. The molecule has 1 aliphatic heterocycles. The molecular formula is C12H22N2O3. The standard InChI is InChI=1S/C12H22N2O3/c1-17-7-9(6-15)14-12(16)11-10-4-2-3-8(10)5-13-11/h8-11,13,15H,2-7H2,1H3,(H,14,16). The summed E-state index contributed by atoms with van der Waals surface area (Å²) < 4.78 is 4.95. The van der Waals surface area contributed by atoms with Gasteiger partial charge in [0.2, 0.25) is 5.91 Å². The lowest BCUT2D eigenvalue weighted by molar-refractivity contribution is -0.125. The summed E-state index contributed by atoms with van der Waals surface area (Å²) in [6, 6.07) is -0.372. The van der Waals surface area contributed by atoms with E-state index in [0.29, 0.717) is 18.4 Å². The monoisotopic (exact) mass is 242 g/mol. The van der Waals surface area contributed by atoms with E-state index in [1.807, 2.05) is 0 Å². The van der Waals surface area contributed by atoms with E-state index < -0.39 is 0 Å². The summed E-state index contributed by atoms with van der Waals surface area (Å²) in [7, 11) is 1.57. The molecule has 0 bridgehead atoms. The molecule has 0 aromatic carbocycles. The highest BCUT2D eigenvalue weighted by Gasteiger charge is 2.42. The number of rotatable bonds is 5. The van der Waals surface area contributed by atoms with Crippen LogP contribution < -0.4 is 10.6 Å². The first-order valence-corrected chi connectivity index (χ1v) is 6.39. The zero-order chi connectivity index (χ0) is 12.3. The minimum atomic E-state index is -0.297. The highest BCUT2D eigenvalue weighted by Crippen LogP contribution is 2.37. The SMILES string of the molecule is COCC(CO)NC(=O)C1NCC2CCCC21. The Bertz CT molecular complexity index is 272. The number of amides is 1. The van der Waals surface area contributed by atoms with Gasteiger partial charge in [-0.25, -0.2) is 0 Å². The summed E-state index contributed by atoms with van der Waals surface area (Å²) in [6.45, 7) is 1.22. The van der Waals surface area contributed by atoms with Gasteiger partial charge in [-0.05, 0) is 31.2 Å². The highest BCUT2D eigenvalue weighted by atomic mass is 16.5. The van der Waals surface area contributed by atoms with Crippen LogP contribution in [0.1, 0.15) is 19.3 Å². The predicted octanol–water partition coefficient (Wildman–Crippen LogP) is -0.502. The normalized spacial score (nSPS) is 33.4. The summed E-state index contributed by atoms with van der Waals surface area (Å²) in [4.78, 5) is 12.1. The minimum absolute atomic E-state index is 0.00972. The van der Waals surface area contributed by atoms with Crippen LogP contribution in [0.3, 0.4) is 0 Å². The Kier molecular flexibility index (Phi) is 4.36. The van der Waals surface area contributed by atoms with E-state index in [-0.39, 0.29) is 24.6 Å². The lowest BCUT2D eigenvalue weighted by Crippen LogP contribution is -2.50. The highest BCUT2D eigenvalue weighted by molar-refractivity contribution is 5.82. The molecule has 2 fully saturated rings. The molecule has 5 heteroatoms. The second-order valence-electron chi connectivity index (χ2n) is 5.08. The van der Waals surface area contributed by atoms with Crippen molar-refractivity contribution < 1.29 is 14.6 Å². The van der Waals surface area contributed by atoms with Gasteiger partial charge in [-0.3, -0.25) is 4.79 Å². The lowest BCUT2D eigenvalue weighted by atomic mass is 9.93. The second kappa shape index (κ2) is 5.80. The molecule has 17 heavy (non-hydrogen) atoms. The van der Waals surface area contributed by atoms with Crippen molar-refractivity contribution in [3.8, 4) is 0 Å². The van der Waals surface area contributed by atoms with Gasteiger partial charge >= 0.3 is 0 Å². The van der Waals surface area contributed by atoms with Crippen molar-refractivity contribution >= 4 is 5.91 Å². The first-order chi connectivity index (χ1) is 8.26. The van der Waals surface area contributed by atoms with Crippen LogP contribution in [0.25, 0.3) is 0 Å². The Morgan fingerprint density at radius 3 is 3.12 bits per heavy atom. The van der Waals surface area contributed by atoms with Crippen LogP contribution in [0.4, 0.5) is 0 Å². The molecule has 2 aliphatic rings. The fourth-order valence-corrected chi connectivity index (χ4v) is 3.11. The molecule has 0 radical (unpaired) electrons. The van der Waals surface area contributed by atoms with Gasteiger partial charge < -0.3 is 20.5 Å². The molecule has 0 spiro atoms. The van der Waals surface area contributed by atoms with E-state index in [0.717, 1.165) is 13.0 Å². The first kappa shape index (κ1) is 12.8. The maximum atomic E-state index is 12.1. The van der Waals surface area contributed by atoms with Gasteiger partial charge in [0.05, 0.1) is 25.3 Å². The Labute approximate surface area is 102 Å². The largest absolute Gasteiger partial charge is 0.394 e. The zero-order valence-electron chi connectivity index (χ0n) is 10.3. The maximum absolute atomic E-state index is 12.1.